The van der Waals surface area contributed by atoms with E-state index in [-0.39, 0.29) is 30.0 Å². The second-order valence-corrected chi connectivity index (χ2v) is 9.92. The quantitative estimate of drug-likeness (QED) is 0.283. The molecule has 2 heterocycles. The molecule has 7 nitrogen and oxygen atoms in total. The van der Waals surface area contributed by atoms with Gasteiger partial charge in [0, 0.05) is 25.6 Å². The summed E-state index contributed by atoms with van der Waals surface area (Å²) in [5, 5.41) is 15.9. The third-order valence-electron chi connectivity index (χ3n) is 6.97. The zero-order chi connectivity index (χ0) is 22.6. The van der Waals surface area contributed by atoms with Crippen molar-refractivity contribution < 1.29 is 4.74 Å². The molecular weight excluding hydrogens is 527 g/mol. The molecule has 2 aliphatic rings. The molecule has 8 heteroatoms. The van der Waals surface area contributed by atoms with Crippen LogP contribution in [0.1, 0.15) is 75.6 Å². The monoisotopic (exact) mass is 566 g/mol. The van der Waals surface area contributed by atoms with E-state index in [1.165, 1.54) is 37.7 Å². The van der Waals surface area contributed by atoms with Crippen molar-refractivity contribution in [2.75, 3.05) is 13.2 Å². The van der Waals surface area contributed by atoms with Gasteiger partial charge < -0.3 is 19.9 Å². The van der Waals surface area contributed by atoms with Gasteiger partial charge in [0.1, 0.15) is 18.1 Å². The van der Waals surface area contributed by atoms with Crippen LogP contribution in [0.3, 0.4) is 0 Å². The maximum atomic E-state index is 5.86. The minimum Gasteiger partial charge on any atom is -0.493 e. The van der Waals surface area contributed by atoms with E-state index in [0.717, 1.165) is 36.3 Å². The van der Waals surface area contributed by atoms with Crippen LogP contribution in [0.4, 0.5) is 0 Å². The van der Waals surface area contributed by atoms with Crippen LogP contribution >= 0.6 is 24.0 Å². The summed E-state index contributed by atoms with van der Waals surface area (Å²) in [6, 6.07) is 8.47. The normalized spacial score (nSPS) is 19.5. The van der Waals surface area contributed by atoms with Crippen molar-refractivity contribution in [1.29, 1.82) is 0 Å². The first-order valence-corrected chi connectivity index (χ1v) is 12.1. The van der Waals surface area contributed by atoms with Gasteiger partial charge >= 0.3 is 0 Å². The van der Waals surface area contributed by atoms with E-state index in [1.54, 1.807) is 0 Å². The van der Waals surface area contributed by atoms with Crippen molar-refractivity contribution in [3.05, 3.63) is 41.5 Å². The first kappa shape index (κ1) is 25.8. The number of hydrogen-bond donors (Lipinski definition) is 2. The molecule has 1 fully saturated rings. The number of aromatic nitrogens is 3. The smallest absolute Gasteiger partial charge is 0.192 e. The van der Waals surface area contributed by atoms with Crippen molar-refractivity contribution >= 4 is 29.9 Å². The fraction of sp³-hybridized carbons (Fsp3) is 0.640. The topological polar surface area (TPSA) is 76.4 Å². The molecule has 33 heavy (non-hydrogen) atoms. The Morgan fingerprint density at radius 3 is 2.70 bits per heavy atom. The van der Waals surface area contributed by atoms with E-state index >= 15 is 0 Å². The molecule has 0 radical (unpaired) electrons. The third kappa shape index (κ3) is 6.39. The van der Waals surface area contributed by atoms with E-state index in [1.807, 2.05) is 30.7 Å². The highest BCUT2D eigenvalue weighted by Crippen LogP contribution is 2.42. The summed E-state index contributed by atoms with van der Waals surface area (Å²) in [7, 11) is 1.99. The molecule has 1 unspecified atom stereocenters. The SMILES string of the molecule is Cc1nnc(CN=C(NCC2(CC(C)C)CCCC2)NC2CCOc3ccccc32)n1C.I. The van der Waals surface area contributed by atoms with Gasteiger partial charge in [-0.3, -0.25) is 0 Å². The number of ether oxygens (including phenoxy) is 1. The highest BCUT2D eigenvalue weighted by atomic mass is 127. The van der Waals surface area contributed by atoms with Crippen LogP contribution in [0, 0.1) is 18.3 Å². The molecule has 1 aromatic carbocycles. The molecule has 4 rings (SSSR count). The zero-order valence-electron chi connectivity index (χ0n) is 20.4. The molecule has 2 N–H and O–H groups in total. The van der Waals surface area contributed by atoms with Gasteiger partial charge in [0.15, 0.2) is 11.8 Å². The Hall–Kier alpha value is -1.84. The van der Waals surface area contributed by atoms with Gasteiger partial charge in [-0.05, 0) is 43.6 Å². The fourth-order valence-corrected chi connectivity index (χ4v) is 5.26. The van der Waals surface area contributed by atoms with Gasteiger partial charge in [0.25, 0.3) is 0 Å². The maximum absolute atomic E-state index is 5.86. The Labute approximate surface area is 215 Å². The molecule has 1 aliphatic heterocycles. The lowest BCUT2D eigenvalue weighted by molar-refractivity contribution is 0.233. The van der Waals surface area contributed by atoms with Crippen LogP contribution in [-0.4, -0.2) is 33.9 Å². The lowest BCUT2D eigenvalue weighted by Gasteiger charge is -2.33. The molecule has 1 aliphatic carbocycles. The number of guanidine groups is 1. The number of para-hydroxylation sites is 1. The summed E-state index contributed by atoms with van der Waals surface area (Å²) in [4.78, 5) is 4.94. The number of hydrogen-bond acceptors (Lipinski definition) is 4. The highest BCUT2D eigenvalue weighted by molar-refractivity contribution is 14.0. The Balaban J connectivity index is 0.00000306. The van der Waals surface area contributed by atoms with E-state index in [0.29, 0.717) is 24.5 Å². The predicted octanol–water partition coefficient (Wildman–Crippen LogP) is 4.91. The van der Waals surface area contributed by atoms with Gasteiger partial charge in [-0.1, -0.05) is 44.9 Å². The number of aliphatic imine (C=N–C) groups is 1. The molecule has 0 saturated heterocycles. The molecule has 0 amide bonds. The second kappa shape index (κ2) is 11.5. The van der Waals surface area contributed by atoms with Gasteiger partial charge in [-0.2, -0.15) is 0 Å². The number of rotatable bonds is 7. The Bertz CT molecular complexity index is 935. The zero-order valence-corrected chi connectivity index (χ0v) is 22.8. The van der Waals surface area contributed by atoms with Gasteiger partial charge in [0.2, 0.25) is 0 Å². The molecule has 1 saturated carbocycles. The number of fused-ring (bicyclic) bond motifs is 1. The number of benzene rings is 1. The van der Waals surface area contributed by atoms with Crippen LogP contribution in [0.5, 0.6) is 5.75 Å². The van der Waals surface area contributed by atoms with Crippen molar-refractivity contribution in [2.45, 2.75) is 71.9 Å². The summed E-state index contributed by atoms with van der Waals surface area (Å²) in [5.41, 5.74) is 1.56. The second-order valence-electron chi connectivity index (χ2n) is 9.92. The van der Waals surface area contributed by atoms with Crippen LogP contribution < -0.4 is 15.4 Å². The Morgan fingerprint density at radius 2 is 2.00 bits per heavy atom. The Morgan fingerprint density at radius 1 is 1.24 bits per heavy atom. The number of halogens is 1. The molecule has 0 spiro atoms. The summed E-state index contributed by atoms with van der Waals surface area (Å²) >= 11 is 0. The van der Waals surface area contributed by atoms with Crippen LogP contribution in [-0.2, 0) is 13.6 Å². The summed E-state index contributed by atoms with van der Waals surface area (Å²) in [5.74, 6) is 4.29. The van der Waals surface area contributed by atoms with E-state index in [9.17, 15) is 0 Å². The van der Waals surface area contributed by atoms with Crippen molar-refractivity contribution in [3.63, 3.8) is 0 Å². The van der Waals surface area contributed by atoms with E-state index in [2.05, 4.69) is 46.8 Å². The highest BCUT2D eigenvalue weighted by Gasteiger charge is 2.34. The molecule has 0 bridgehead atoms. The lowest BCUT2D eigenvalue weighted by atomic mass is 9.78. The molecule has 2 aromatic rings. The van der Waals surface area contributed by atoms with Crippen molar-refractivity contribution in [3.8, 4) is 5.75 Å². The molecule has 1 atom stereocenters. The van der Waals surface area contributed by atoms with Crippen LogP contribution in [0.15, 0.2) is 29.3 Å². The maximum Gasteiger partial charge on any atom is 0.192 e. The number of aryl methyl sites for hydroxylation is 1. The summed E-state index contributed by atoms with van der Waals surface area (Å²) in [6.45, 7) is 8.80. The average Bonchev–Trinajstić information content (AvgIpc) is 3.37. The predicted molar refractivity (Wildman–Crippen MR) is 143 cm³/mol. The van der Waals surface area contributed by atoms with E-state index < -0.39 is 0 Å². The molecule has 1 aromatic heterocycles. The third-order valence-corrected chi connectivity index (χ3v) is 6.97. The summed E-state index contributed by atoms with van der Waals surface area (Å²) in [6.07, 6.45) is 7.44. The van der Waals surface area contributed by atoms with Crippen LogP contribution in [0.2, 0.25) is 0 Å². The van der Waals surface area contributed by atoms with E-state index in [4.69, 9.17) is 9.73 Å². The first-order chi connectivity index (χ1) is 15.5. The van der Waals surface area contributed by atoms with Gasteiger partial charge in [-0.15, -0.1) is 34.2 Å². The van der Waals surface area contributed by atoms with Crippen molar-refractivity contribution in [2.24, 2.45) is 23.4 Å². The largest absolute Gasteiger partial charge is 0.493 e. The first-order valence-electron chi connectivity index (χ1n) is 12.1. The lowest BCUT2D eigenvalue weighted by Crippen LogP contribution is -2.45. The minimum atomic E-state index is 0. The Kier molecular flexibility index (Phi) is 9.01. The van der Waals surface area contributed by atoms with Crippen LogP contribution in [0.25, 0.3) is 0 Å². The summed E-state index contributed by atoms with van der Waals surface area (Å²) < 4.78 is 7.86. The number of nitrogens with one attached hydrogen (secondary N) is 2. The fourth-order valence-electron chi connectivity index (χ4n) is 5.26. The minimum absolute atomic E-state index is 0. The average molecular weight is 567 g/mol. The standard InChI is InChI=1S/C25H38N6O.HI/c1-18(2)15-25(12-7-8-13-25)17-27-24(26-16-23-30-29-19(3)31(23)4)28-21-11-14-32-22-10-6-5-9-20(21)22;/h5-6,9-10,18,21H,7-8,11-17H2,1-4H3,(H2,26,27,28);1H. The molecule has 182 valence electrons. The van der Waals surface area contributed by atoms with Crippen molar-refractivity contribution in [1.82, 2.24) is 25.4 Å². The molecular formula is C25H39IN6O. The van der Waals surface area contributed by atoms with Gasteiger partial charge in [0.05, 0.1) is 12.6 Å². The van der Waals surface area contributed by atoms with Gasteiger partial charge in [-0.25, -0.2) is 4.99 Å². The number of nitrogens with zero attached hydrogens (tertiary/aromatic N) is 4.